The molecule has 0 amide bonds. The van der Waals surface area contributed by atoms with Crippen molar-refractivity contribution in [3.05, 3.63) is 29.8 Å². The molecule has 1 unspecified atom stereocenters. The third-order valence-corrected chi connectivity index (χ3v) is 3.67. The fourth-order valence-electron chi connectivity index (χ4n) is 1.23. The highest BCUT2D eigenvalue weighted by molar-refractivity contribution is 7.86. The Morgan fingerprint density at radius 1 is 1.10 bits per heavy atom. The van der Waals surface area contributed by atoms with Gasteiger partial charge in [0.1, 0.15) is 4.90 Å². The van der Waals surface area contributed by atoms with Crippen LogP contribution in [0, 0.1) is 0 Å². The predicted octanol–water partition coefficient (Wildman–Crippen LogP) is 3.08. The van der Waals surface area contributed by atoms with Crippen molar-refractivity contribution in [3.63, 3.8) is 0 Å². The van der Waals surface area contributed by atoms with Gasteiger partial charge in [-0.2, -0.15) is 35.0 Å². The Morgan fingerprint density at radius 3 is 2.10 bits per heavy atom. The molecule has 0 aliphatic carbocycles. The van der Waals surface area contributed by atoms with Crippen LogP contribution in [0.2, 0.25) is 0 Å². The average Bonchev–Trinajstić information content (AvgIpc) is 2.35. The van der Waals surface area contributed by atoms with Crippen molar-refractivity contribution in [2.75, 3.05) is 6.66 Å². The van der Waals surface area contributed by atoms with Gasteiger partial charge < -0.3 is 0 Å². The molecule has 0 saturated heterocycles. The Hall–Kier alpha value is -1.03. The normalized spacial score (nSPS) is 15.0. The lowest BCUT2D eigenvalue weighted by Crippen LogP contribution is -2.35. The maximum atomic E-state index is 13.3. The van der Waals surface area contributed by atoms with Gasteiger partial charge in [-0.3, -0.25) is 4.57 Å². The van der Waals surface area contributed by atoms with Crippen molar-refractivity contribution in [1.82, 2.24) is 0 Å². The maximum absolute atomic E-state index is 13.3. The van der Waals surface area contributed by atoms with Crippen molar-refractivity contribution in [2.24, 2.45) is 0 Å². The zero-order valence-corrected chi connectivity index (χ0v) is 12.0. The van der Waals surface area contributed by atoms with E-state index in [1.165, 1.54) is 0 Å². The van der Waals surface area contributed by atoms with Crippen LogP contribution in [0.3, 0.4) is 0 Å². The van der Waals surface area contributed by atoms with Crippen LogP contribution in [-0.2, 0) is 29.6 Å². The summed E-state index contributed by atoms with van der Waals surface area (Å²) < 4.78 is 105. The quantitative estimate of drug-likeness (QED) is 0.352. The molecule has 0 aliphatic rings. The summed E-state index contributed by atoms with van der Waals surface area (Å²) in [5, 5.41) is 0. The van der Waals surface area contributed by atoms with E-state index in [0.29, 0.717) is 12.1 Å². The summed E-state index contributed by atoms with van der Waals surface area (Å²) in [5.74, 6) is -5.42. The lowest BCUT2D eigenvalue weighted by Gasteiger charge is -2.21. The van der Waals surface area contributed by atoms with E-state index in [1.54, 1.807) is 0 Å². The van der Waals surface area contributed by atoms with Crippen LogP contribution < -0.4 is 0 Å². The smallest absolute Gasteiger partial charge is 0.294 e. The molecule has 0 aliphatic heterocycles. The van der Waals surface area contributed by atoms with Crippen molar-refractivity contribution in [3.8, 4) is 0 Å². The minimum atomic E-state index is -6.00. The Bertz CT molecular complexity index is 642. The van der Waals surface area contributed by atoms with Crippen LogP contribution >= 0.6 is 8.03 Å². The first kappa shape index (κ1) is 18.0. The Kier molecular flexibility index (Phi) is 5.14. The van der Waals surface area contributed by atoms with Crippen LogP contribution in [0.4, 0.5) is 22.0 Å². The third-order valence-electron chi connectivity index (χ3n) is 2.09. The molecule has 1 atom stereocenters. The van der Waals surface area contributed by atoms with E-state index < -0.39 is 40.7 Å². The van der Waals surface area contributed by atoms with E-state index in [-0.39, 0.29) is 0 Å². The summed E-state index contributed by atoms with van der Waals surface area (Å²) in [6.07, 6.45) is -6.00. The molecule has 0 radical (unpaired) electrons. The molecule has 0 aromatic heterocycles. The number of halogens is 5. The van der Waals surface area contributed by atoms with Crippen LogP contribution in [-0.4, -0.2) is 21.3 Å². The number of alkyl halides is 5. The largest absolute Gasteiger partial charge is 0.458 e. The van der Waals surface area contributed by atoms with E-state index in [9.17, 15) is 34.9 Å². The monoisotopic (exact) mass is 354 g/mol. The summed E-state index contributed by atoms with van der Waals surface area (Å²) in [6.45, 7) is 0.927. The molecule has 21 heavy (non-hydrogen) atoms. The lowest BCUT2D eigenvalue weighted by molar-refractivity contribution is -0.290. The minimum absolute atomic E-state index is 0.290. The zero-order valence-electron chi connectivity index (χ0n) is 10.1. The zero-order chi connectivity index (χ0) is 16.5. The summed E-state index contributed by atoms with van der Waals surface area (Å²) in [4.78, 5) is -1.43. The molecule has 0 fully saturated rings. The Morgan fingerprint density at radius 2 is 1.62 bits per heavy atom. The second-order valence-electron chi connectivity index (χ2n) is 3.67. The predicted molar refractivity (Wildman–Crippen MR) is 60.7 cm³/mol. The molecule has 1 rings (SSSR count). The van der Waals surface area contributed by atoms with Crippen LogP contribution in [0.25, 0.3) is 0 Å². The first-order chi connectivity index (χ1) is 9.39. The van der Waals surface area contributed by atoms with Gasteiger partial charge in [0.15, 0.2) is 0 Å². The van der Waals surface area contributed by atoms with Gasteiger partial charge in [-0.1, -0.05) is 22.5 Å². The highest BCUT2D eigenvalue weighted by atomic mass is 32.2. The standard InChI is InChI=1S/C9H8F5O5PS/c1-20(15)18-19-21(16,17)7-5-3-2-4-6(7)8(10,11)9(12,13)14/h2-5,20H,1H3. The van der Waals surface area contributed by atoms with Gasteiger partial charge in [-0.05, 0) is 6.07 Å². The molecule has 5 nitrogen and oxygen atoms in total. The summed E-state index contributed by atoms with van der Waals surface area (Å²) in [5.41, 5.74) is -1.82. The van der Waals surface area contributed by atoms with E-state index in [1.807, 2.05) is 0 Å². The molecular formula is C9H8F5O5PS. The highest BCUT2D eigenvalue weighted by Crippen LogP contribution is 2.46. The average molecular weight is 354 g/mol. The fourth-order valence-corrected chi connectivity index (χ4v) is 2.75. The molecule has 0 spiro atoms. The van der Waals surface area contributed by atoms with Gasteiger partial charge in [0.25, 0.3) is 0 Å². The van der Waals surface area contributed by atoms with E-state index in [2.05, 4.69) is 9.01 Å². The van der Waals surface area contributed by atoms with Gasteiger partial charge in [-0.25, -0.2) is 0 Å². The maximum Gasteiger partial charge on any atom is 0.458 e. The van der Waals surface area contributed by atoms with E-state index in [0.717, 1.165) is 18.8 Å². The number of benzene rings is 1. The second kappa shape index (κ2) is 5.99. The molecule has 1 aromatic rings. The molecule has 120 valence electrons. The van der Waals surface area contributed by atoms with Crippen LogP contribution in [0.1, 0.15) is 5.56 Å². The molecule has 0 N–H and O–H groups in total. The Labute approximate surface area is 116 Å². The highest BCUT2D eigenvalue weighted by Gasteiger charge is 2.60. The molecule has 0 bridgehead atoms. The SMILES string of the molecule is C[PH](=O)OOS(=O)(=O)c1ccccc1C(F)(F)C(F)(F)F. The van der Waals surface area contributed by atoms with Gasteiger partial charge in [-0.15, -0.1) is 0 Å². The van der Waals surface area contributed by atoms with E-state index in [4.69, 9.17) is 0 Å². The number of hydrogen-bond acceptors (Lipinski definition) is 5. The third kappa shape index (κ3) is 4.00. The van der Waals surface area contributed by atoms with Crippen molar-refractivity contribution in [2.45, 2.75) is 17.0 Å². The van der Waals surface area contributed by atoms with Crippen molar-refractivity contribution >= 4 is 18.1 Å². The lowest BCUT2D eigenvalue weighted by atomic mass is 10.1. The molecule has 1 aromatic carbocycles. The van der Waals surface area contributed by atoms with Gasteiger partial charge in [0.2, 0.25) is 8.03 Å². The van der Waals surface area contributed by atoms with Crippen LogP contribution in [0.5, 0.6) is 0 Å². The first-order valence-electron chi connectivity index (χ1n) is 5.05. The second-order valence-corrected chi connectivity index (χ2v) is 6.30. The van der Waals surface area contributed by atoms with Gasteiger partial charge in [0.05, 0.1) is 5.56 Å². The summed E-state index contributed by atoms with van der Waals surface area (Å²) in [7, 11) is -8.02. The summed E-state index contributed by atoms with van der Waals surface area (Å²) >= 11 is 0. The number of rotatable bonds is 5. The van der Waals surface area contributed by atoms with Gasteiger partial charge >= 0.3 is 22.2 Å². The van der Waals surface area contributed by atoms with Crippen LogP contribution in [0.15, 0.2) is 29.2 Å². The minimum Gasteiger partial charge on any atom is -0.294 e. The van der Waals surface area contributed by atoms with Crippen molar-refractivity contribution < 1.29 is 43.9 Å². The molecule has 0 heterocycles. The van der Waals surface area contributed by atoms with Gasteiger partial charge in [0, 0.05) is 6.66 Å². The molecule has 12 heteroatoms. The topological polar surface area (TPSA) is 69.7 Å². The fraction of sp³-hybridized carbons (Fsp3) is 0.333. The molecular weight excluding hydrogens is 346 g/mol. The number of hydrogen-bond donors (Lipinski definition) is 0. The Balaban J connectivity index is 3.38. The van der Waals surface area contributed by atoms with E-state index >= 15 is 0 Å². The summed E-state index contributed by atoms with van der Waals surface area (Å²) in [6, 6.07) is 2.50. The molecule has 0 saturated carbocycles. The van der Waals surface area contributed by atoms with Crippen molar-refractivity contribution in [1.29, 1.82) is 0 Å². The first-order valence-corrected chi connectivity index (χ1v) is 8.28.